The van der Waals surface area contributed by atoms with Gasteiger partial charge < -0.3 is 5.32 Å². The van der Waals surface area contributed by atoms with E-state index in [0.717, 1.165) is 29.4 Å². The number of nitrogens with zero attached hydrogens (tertiary/aromatic N) is 2. The second-order valence-electron chi connectivity index (χ2n) is 3.59. The summed E-state index contributed by atoms with van der Waals surface area (Å²) < 4.78 is 1.84. The van der Waals surface area contributed by atoms with Crippen molar-refractivity contribution in [2.24, 2.45) is 7.05 Å². The van der Waals surface area contributed by atoms with Crippen molar-refractivity contribution in [2.45, 2.75) is 32.9 Å². The van der Waals surface area contributed by atoms with Gasteiger partial charge in [-0.1, -0.05) is 24.6 Å². The number of rotatable bonds is 5. The number of nitrogens with one attached hydrogen (secondary N) is 1. The summed E-state index contributed by atoms with van der Waals surface area (Å²) in [6.07, 6.45) is 2.73. The van der Waals surface area contributed by atoms with Crippen LogP contribution < -0.4 is 5.32 Å². The molecule has 0 saturated heterocycles. The smallest absolute Gasteiger partial charge is 0.0863 e. The molecule has 84 valence electrons. The highest BCUT2D eigenvalue weighted by Crippen LogP contribution is 2.20. The maximum Gasteiger partial charge on any atom is 0.0863 e. The van der Waals surface area contributed by atoms with Crippen LogP contribution in [0.5, 0.6) is 0 Å². The fourth-order valence-corrected chi connectivity index (χ4v) is 1.71. The summed E-state index contributed by atoms with van der Waals surface area (Å²) in [5, 5.41) is 8.44. The van der Waals surface area contributed by atoms with Crippen LogP contribution in [-0.2, 0) is 20.0 Å². The van der Waals surface area contributed by atoms with Crippen molar-refractivity contribution in [1.82, 2.24) is 15.1 Å². The highest BCUT2D eigenvalue weighted by atomic mass is 35.5. The van der Waals surface area contributed by atoms with Gasteiger partial charge in [-0.3, -0.25) is 4.68 Å². The summed E-state index contributed by atoms with van der Waals surface area (Å²) in [5.74, 6) is 0. The summed E-state index contributed by atoms with van der Waals surface area (Å²) in [4.78, 5) is 0. The Balaban J connectivity index is 2.76. The first kappa shape index (κ1) is 12.3. The Bertz CT molecular complexity index is 344. The maximum absolute atomic E-state index is 6.21. The average molecular weight is 228 g/mol. The van der Waals surface area contributed by atoms with Crippen molar-refractivity contribution in [1.29, 1.82) is 0 Å². The SMILES string of the molecule is C=CC(C)NCc1c(Cl)c(CC)nn1C. The van der Waals surface area contributed by atoms with Crippen LogP contribution in [0.3, 0.4) is 0 Å². The molecule has 0 aliphatic heterocycles. The van der Waals surface area contributed by atoms with Gasteiger partial charge in [0.15, 0.2) is 0 Å². The monoisotopic (exact) mass is 227 g/mol. The standard InChI is InChI=1S/C11H18ClN3/c1-5-8(3)13-7-10-11(12)9(6-2)14-15(10)4/h5,8,13H,1,6-7H2,2-4H3. The van der Waals surface area contributed by atoms with Gasteiger partial charge in [0.2, 0.25) is 0 Å². The Morgan fingerprint density at radius 3 is 2.80 bits per heavy atom. The van der Waals surface area contributed by atoms with Gasteiger partial charge in [-0.05, 0) is 13.3 Å². The first-order valence-electron chi connectivity index (χ1n) is 5.16. The van der Waals surface area contributed by atoms with Crippen LogP contribution >= 0.6 is 11.6 Å². The van der Waals surface area contributed by atoms with Crippen LogP contribution in [-0.4, -0.2) is 15.8 Å². The molecule has 0 saturated carbocycles. The molecule has 0 spiro atoms. The summed E-state index contributed by atoms with van der Waals surface area (Å²) in [6.45, 7) is 8.55. The van der Waals surface area contributed by atoms with E-state index in [1.165, 1.54) is 0 Å². The summed E-state index contributed by atoms with van der Waals surface area (Å²) in [7, 11) is 1.92. The highest BCUT2D eigenvalue weighted by molar-refractivity contribution is 6.31. The summed E-state index contributed by atoms with van der Waals surface area (Å²) >= 11 is 6.21. The van der Waals surface area contributed by atoms with E-state index < -0.39 is 0 Å². The molecule has 0 bridgehead atoms. The lowest BCUT2D eigenvalue weighted by molar-refractivity contribution is 0.591. The molecule has 1 rings (SSSR count). The first-order chi connectivity index (χ1) is 7.10. The Kier molecular flexibility index (Phi) is 4.36. The van der Waals surface area contributed by atoms with Crippen molar-refractivity contribution in [3.63, 3.8) is 0 Å². The molecule has 1 unspecified atom stereocenters. The zero-order valence-corrected chi connectivity index (χ0v) is 10.3. The van der Waals surface area contributed by atoms with Crippen molar-refractivity contribution in [2.75, 3.05) is 0 Å². The molecule has 3 nitrogen and oxygen atoms in total. The van der Waals surface area contributed by atoms with Crippen LogP contribution in [0.15, 0.2) is 12.7 Å². The van der Waals surface area contributed by atoms with Crippen LogP contribution in [0.25, 0.3) is 0 Å². The fraction of sp³-hybridized carbons (Fsp3) is 0.545. The third-order valence-electron chi connectivity index (χ3n) is 2.45. The Morgan fingerprint density at radius 1 is 1.67 bits per heavy atom. The molecule has 0 fully saturated rings. The van der Waals surface area contributed by atoms with Crippen molar-refractivity contribution < 1.29 is 0 Å². The van der Waals surface area contributed by atoms with Crippen molar-refractivity contribution >= 4 is 11.6 Å². The van der Waals surface area contributed by atoms with E-state index in [2.05, 4.69) is 30.8 Å². The lowest BCUT2D eigenvalue weighted by Gasteiger charge is -2.09. The molecule has 1 aromatic rings. The topological polar surface area (TPSA) is 29.9 Å². The fourth-order valence-electron chi connectivity index (χ4n) is 1.35. The third-order valence-corrected chi connectivity index (χ3v) is 2.88. The van der Waals surface area contributed by atoms with Gasteiger partial charge in [0, 0.05) is 19.6 Å². The van der Waals surface area contributed by atoms with Gasteiger partial charge in [-0.15, -0.1) is 6.58 Å². The zero-order valence-electron chi connectivity index (χ0n) is 9.55. The van der Waals surface area contributed by atoms with Gasteiger partial charge in [0.25, 0.3) is 0 Å². The van der Waals surface area contributed by atoms with E-state index in [1.54, 1.807) is 0 Å². The number of hydrogen-bond acceptors (Lipinski definition) is 2. The van der Waals surface area contributed by atoms with Crippen molar-refractivity contribution in [3.05, 3.63) is 29.1 Å². The second-order valence-corrected chi connectivity index (χ2v) is 3.97. The van der Waals surface area contributed by atoms with Gasteiger partial charge >= 0.3 is 0 Å². The zero-order chi connectivity index (χ0) is 11.4. The van der Waals surface area contributed by atoms with Gasteiger partial charge in [-0.2, -0.15) is 5.10 Å². The van der Waals surface area contributed by atoms with E-state index in [4.69, 9.17) is 11.6 Å². The van der Waals surface area contributed by atoms with Gasteiger partial charge in [0.05, 0.1) is 16.4 Å². The molecular weight excluding hydrogens is 210 g/mol. The molecule has 0 aliphatic rings. The van der Waals surface area contributed by atoms with E-state index in [9.17, 15) is 0 Å². The Hall–Kier alpha value is -0.800. The van der Waals surface area contributed by atoms with E-state index in [0.29, 0.717) is 0 Å². The largest absolute Gasteiger partial charge is 0.305 e. The Morgan fingerprint density at radius 2 is 2.33 bits per heavy atom. The number of hydrogen-bond donors (Lipinski definition) is 1. The Labute approximate surface area is 96.1 Å². The molecule has 0 radical (unpaired) electrons. The predicted octanol–water partition coefficient (Wildman–Crippen LogP) is 2.30. The minimum atomic E-state index is 0.279. The number of aromatic nitrogens is 2. The molecule has 1 heterocycles. The van der Waals surface area contributed by atoms with Crippen LogP contribution in [0.4, 0.5) is 0 Å². The maximum atomic E-state index is 6.21. The molecular formula is C11H18ClN3. The molecule has 15 heavy (non-hydrogen) atoms. The molecule has 4 heteroatoms. The van der Waals surface area contributed by atoms with E-state index in [1.807, 2.05) is 17.8 Å². The average Bonchev–Trinajstić information content (AvgIpc) is 2.51. The minimum Gasteiger partial charge on any atom is -0.305 e. The molecule has 0 aliphatic carbocycles. The van der Waals surface area contributed by atoms with Gasteiger partial charge in [-0.25, -0.2) is 0 Å². The molecule has 0 aromatic carbocycles. The predicted molar refractivity (Wildman–Crippen MR) is 64.1 cm³/mol. The number of halogens is 1. The van der Waals surface area contributed by atoms with Crippen LogP contribution in [0.2, 0.25) is 5.02 Å². The van der Waals surface area contributed by atoms with E-state index >= 15 is 0 Å². The molecule has 1 atom stereocenters. The lowest BCUT2D eigenvalue weighted by atomic mass is 10.3. The van der Waals surface area contributed by atoms with Gasteiger partial charge in [0.1, 0.15) is 0 Å². The molecule has 0 amide bonds. The first-order valence-corrected chi connectivity index (χ1v) is 5.54. The normalized spacial score (nSPS) is 12.8. The molecule has 1 N–H and O–H groups in total. The molecule has 1 aromatic heterocycles. The highest BCUT2D eigenvalue weighted by Gasteiger charge is 2.12. The van der Waals surface area contributed by atoms with Crippen molar-refractivity contribution in [3.8, 4) is 0 Å². The van der Waals surface area contributed by atoms with E-state index in [-0.39, 0.29) is 6.04 Å². The van der Waals surface area contributed by atoms with Crippen LogP contribution in [0.1, 0.15) is 25.2 Å². The quantitative estimate of drug-likeness (QED) is 0.783. The summed E-state index contributed by atoms with van der Waals surface area (Å²) in [5.41, 5.74) is 1.99. The third kappa shape index (κ3) is 2.83. The minimum absolute atomic E-state index is 0.279. The lowest BCUT2D eigenvalue weighted by Crippen LogP contribution is -2.24. The second kappa shape index (κ2) is 5.33. The van der Waals surface area contributed by atoms with Crippen LogP contribution in [0, 0.1) is 0 Å². The summed E-state index contributed by atoms with van der Waals surface area (Å²) in [6, 6.07) is 0.279. The number of aryl methyl sites for hydroxylation is 2.